The Balaban J connectivity index is 1.43. The van der Waals surface area contributed by atoms with Crippen LogP contribution in [0.15, 0.2) is 42.0 Å². The molecule has 3 nitrogen and oxygen atoms in total. The van der Waals surface area contributed by atoms with E-state index < -0.39 is 5.60 Å². The van der Waals surface area contributed by atoms with Gasteiger partial charge in [-0.3, -0.25) is 4.79 Å². The van der Waals surface area contributed by atoms with Crippen molar-refractivity contribution in [3.05, 3.63) is 47.5 Å². The van der Waals surface area contributed by atoms with E-state index in [9.17, 15) is 9.90 Å². The molecule has 1 N–H and O–H groups in total. The number of allylic oxidation sites excluding steroid dienone is 1. The molecule has 0 unspecified atom stereocenters. The summed E-state index contributed by atoms with van der Waals surface area (Å²) in [4.78, 5) is 12.2. The predicted molar refractivity (Wildman–Crippen MR) is 150 cm³/mol. The lowest BCUT2D eigenvalue weighted by molar-refractivity contribution is -0.137. The van der Waals surface area contributed by atoms with E-state index in [2.05, 4.69) is 65.0 Å². The Morgan fingerprint density at radius 2 is 1.84 bits per heavy atom. The largest absolute Gasteiger partial charge is 0.390 e. The molecule has 1 aromatic rings. The zero-order valence-corrected chi connectivity index (χ0v) is 24.0. The number of ketones is 1. The summed E-state index contributed by atoms with van der Waals surface area (Å²) >= 11 is 0. The second-order valence-electron chi connectivity index (χ2n) is 14.2. The maximum atomic E-state index is 12.2. The van der Waals surface area contributed by atoms with Crippen molar-refractivity contribution in [1.29, 1.82) is 0 Å². The topological polar surface area (TPSA) is 46.5 Å². The van der Waals surface area contributed by atoms with Crippen molar-refractivity contribution in [3.8, 4) is 0 Å². The van der Waals surface area contributed by atoms with Crippen LogP contribution < -0.4 is 0 Å². The molecule has 3 saturated carbocycles. The average Bonchev–Trinajstić information content (AvgIpc) is 3.16. The molecule has 8 atom stereocenters. The van der Waals surface area contributed by atoms with Gasteiger partial charge in [0.05, 0.1) is 18.3 Å². The lowest BCUT2D eigenvalue weighted by Gasteiger charge is -2.59. The van der Waals surface area contributed by atoms with Gasteiger partial charge < -0.3 is 9.84 Å². The third-order valence-corrected chi connectivity index (χ3v) is 11.4. The number of fused-ring (bicyclic) bond motifs is 5. The molecule has 0 heterocycles. The number of benzene rings is 1. The fourth-order valence-corrected chi connectivity index (χ4v) is 9.62. The van der Waals surface area contributed by atoms with Crippen molar-refractivity contribution >= 4 is 5.78 Å². The molecule has 0 saturated heterocycles. The van der Waals surface area contributed by atoms with Crippen molar-refractivity contribution in [1.82, 2.24) is 0 Å². The van der Waals surface area contributed by atoms with Gasteiger partial charge in [0.1, 0.15) is 0 Å². The van der Waals surface area contributed by atoms with E-state index in [1.807, 2.05) is 6.08 Å². The molecule has 0 aliphatic heterocycles. The lowest BCUT2D eigenvalue weighted by Crippen LogP contribution is -2.54. The summed E-state index contributed by atoms with van der Waals surface area (Å²) in [7, 11) is 0. The van der Waals surface area contributed by atoms with Crippen molar-refractivity contribution in [2.24, 2.45) is 40.4 Å². The highest BCUT2D eigenvalue weighted by Crippen LogP contribution is 2.68. The van der Waals surface area contributed by atoms with Crippen LogP contribution in [0.25, 0.3) is 0 Å². The van der Waals surface area contributed by atoms with Gasteiger partial charge in [-0.2, -0.15) is 0 Å². The van der Waals surface area contributed by atoms with Gasteiger partial charge in [0, 0.05) is 12.3 Å². The summed E-state index contributed by atoms with van der Waals surface area (Å²) in [6, 6.07) is 10.5. The molecule has 0 bridgehead atoms. The van der Waals surface area contributed by atoms with Gasteiger partial charge >= 0.3 is 0 Å². The minimum absolute atomic E-state index is 0.0840. The Kier molecular flexibility index (Phi) is 7.53. The first-order valence-corrected chi connectivity index (χ1v) is 15.2. The fraction of sp³-hybridized carbons (Fsp3) is 0.735. The summed E-state index contributed by atoms with van der Waals surface area (Å²) in [5.74, 6) is 3.03. The summed E-state index contributed by atoms with van der Waals surface area (Å²) in [5.41, 5.74) is 2.18. The first-order valence-electron chi connectivity index (χ1n) is 15.2. The standard InChI is InChI=1S/C34H50O3/c1-23(2)10-9-17-34(5,36)31-30(37-22-24-11-7-6-8-12-24)21-29-27-14-13-25-20-26(35)15-18-32(25,3)28(27)16-19-33(29,31)4/h6-8,11-12,20,23,27-31,36H,9-10,13-19,21-22H2,1-5H3/t27-,28+,29+,30-,31+,32+,33+,34+/m1/s1. The van der Waals surface area contributed by atoms with Gasteiger partial charge in [0.15, 0.2) is 5.78 Å². The van der Waals surface area contributed by atoms with Crippen LogP contribution in [0.1, 0.15) is 104 Å². The Labute approximate surface area is 225 Å². The van der Waals surface area contributed by atoms with Crippen LogP contribution in [-0.4, -0.2) is 22.6 Å². The molecule has 37 heavy (non-hydrogen) atoms. The summed E-state index contributed by atoms with van der Waals surface area (Å²) in [5, 5.41) is 12.1. The minimum Gasteiger partial charge on any atom is -0.390 e. The zero-order chi connectivity index (χ0) is 26.4. The number of aliphatic hydroxyl groups is 1. The molecule has 3 fully saturated rings. The summed E-state index contributed by atoms with van der Waals surface area (Å²) < 4.78 is 6.78. The Morgan fingerprint density at radius 3 is 2.57 bits per heavy atom. The van der Waals surface area contributed by atoms with Crippen molar-refractivity contribution < 1.29 is 14.6 Å². The first-order chi connectivity index (χ1) is 17.5. The Bertz CT molecular complexity index is 994. The molecular formula is C34H50O3. The average molecular weight is 507 g/mol. The van der Waals surface area contributed by atoms with Crippen LogP contribution in [0.4, 0.5) is 0 Å². The maximum absolute atomic E-state index is 12.2. The Hall–Kier alpha value is -1.45. The van der Waals surface area contributed by atoms with Gasteiger partial charge in [0.2, 0.25) is 0 Å². The molecular weight excluding hydrogens is 456 g/mol. The van der Waals surface area contributed by atoms with E-state index in [0.29, 0.717) is 42.5 Å². The van der Waals surface area contributed by atoms with E-state index in [1.165, 1.54) is 24.0 Å². The predicted octanol–water partition coefficient (Wildman–Crippen LogP) is 7.91. The van der Waals surface area contributed by atoms with Gasteiger partial charge in [-0.1, -0.05) is 76.4 Å². The summed E-state index contributed by atoms with van der Waals surface area (Å²) in [6.07, 6.45) is 12.6. The normalized spacial score (nSPS) is 38.9. The molecule has 204 valence electrons. The van der Waals surface area contributed by atoms with Gasteiger partial charge in [-0.15, -0.1) is 0 Å². The second kappa shape index (κ2) is 10.3. The van der Waals surface area contributed by atoms with Crippen molar-refractivity contribution in [2.45, 2.75) is 117 Å². The molecule has 0 spiro atoms. The number of carbonyl (C=O) groups excluding carboxylic acids is 1. The van der Waals surface area contributed by atoms with Crippen LogP contribution in [-0.2, 0) is 16.1 Å². The molecule has 0 amide bonds. The lowest BCUT2D eigenvalue weighted by atomic mass is 9.46. The highest BCUT2D eigenvalue weighted by Gasteiger charge is 2.64. The highest BCUT2D eigenvalue weighted by molar-refractivity contribution is 5.91. The zero-order valence-electron chi connectivity index (χ0n) is 24.0. The number of carbonyl (C=O) groups is 1. The van der Waals surface area contributed by atoms with E-state index in [1.54, 1.807) is 0 Å². The number of ether oxygens (including phenoxy) is 1. The molecule has 0 aromatic heterocycles. The Morgan fingerprint density at radius 1 is 1.08 bits per heavy atom. The smallest absolute Gasteiger partial charge is 0.155 e. The van der Waals surface area contributed by atoms with Crippen molar-refractivity contribution in [3.63, 3.8) is 0 Å². The number of rotatable bonds is 8. The fourth-order valence-electron chi connectivity index (χ4n) is 9.62. The molecule has 5 rings (SSSR count). The molecule has 0 radical (unpaired) electrons. The van der Waals surface area contributed by atoms with E-state index in [0.717, 1.165) is 44.9 Å². The highest BCUT2D eigenvalue weighted by atomic mass is 16.5. The quantitative estimate of drug-likeness (QED) is 0.390. The van der Waals surface area contributed by atoms with Crippen LogP contribution in [0.3, 0.4) is 0 Å². The van der Waals surface area contributed by atoms with Crippen LogP contribution in [0.2, 0.25) is 0 Å². The van der Waals surface area contributed by atoms with E-state index >= 15 is 0 Å². The molecule has 4 aliphatic carbocycles. The van der Waals surface area contributed by atoms with Gasteiger partial charge in [-0.05, 0) is 98.0 Å². The van der Waals surface area contributed by atoms with Crippen LogP contribution >= 0.6 is 0 Å². The monoisotopic (exact) mass is 506 g/mol. The third kappa shape index (κ3) is 5.00. The molecule has 3 heteroatoms. The molecule has 4 aliphatic rings. The van der Waals surface area contributed by atoms with Gasteiger partial charge in [-0.25, -0.2) is 0 Å². The second-order valence-corrected chi connectivity index (χ2v) is 14.2. The number of hydrogen-bond donors (Lipinski definition) is 1. The first kappa shape index (κ1) is 27.1. The van der Waals surface area contributed by atoms with Crippen molar-refractivity contribution in [2.75, 3.05) is 0 Å². The number of hydrogen-bond acceptors (Lipinski definition) is 3. The van der Waals surface area contributed by atoms with Crippen LogP contribution in [0.5, 0.6) is 0 Å². The van der Waals surface area contributed by atoms with E-state index in [4.69, 9.17) is 4.74 Å². The molecule has 1 aromatic carbocycles. The maximum Gasteiger partial charge on any atom is 0.155 e. The van der Waals surface area contributed by atoms with E-state index in [-0.39, 0.29) is 22.9 Å². The van der Waals surface area contributed by atoms with Crippen LogP contribution in [0, 0.1) is 40.4 Å². The SMILES string of the molecule is CC(C)CCC[C@](C)(O)[C@H]1[C@H](OCc2ccccc2)C[C@H]2[C@@H]3CCC4=CC(=O)CC[C@]4(C)[C@H]3CC[C@@]21C. The minimum atomic E-state index is -0.729. The van der Waals surface area contributed by atoms with Gasteiger partial charge in [0.25, 0.3) is 0 Å². The summed E-state index contributed by atoms with van der Waals surface area (Å²) in [6.45, 7) is 12.3. The third-order valence-electron chi connectivity index (χ3n) is 11.4.